The maximum absolute atomic E-state index is 13.3. The number of methoxy groups -OCH3 is 1. The van der Waals surface area contributed by atoms with Crippen LogP contribution < -0.4 is 10.1 Å². The third-order valence-corrected chi connectivity index (χ3v) is 5.81. The predicted octanol–water partition coefficient (Wildman–Crippen LogP) is 2.08. The molecule has 10 nitrogen and oxygen atoms in total. The molecule has 10 heteroatoms. The molecule has 3 rings (SSSR count). The molecule has 34 heavy (non-hydrogen) atoms. The molecule has 3 atom stereocenters. The van der Waals surface area contributed by atoms with Crippen LogP contribution in [0.4, 0.5) is 5.69 Å². The van der Waals surface area contributed by atoms with E-state index in [0.717, 1.165) is 0 Å². The number of fused-ring (bicyclic) bond motifs is 1. The van der Waals surface area contributed by atoms with E-state index in [1.54, 1.807) is 42.2 Å². The summed E-state index contributed by atoms with van der Waals surface area (Å²) in [6.45, 7) is 6.11. The van der Waals surface area contributed by atoms with E-state index in [-0.39, 0.29) is 48.1 Å². The van der Waals surface area contributed by atoms with E-state index >= 15 is 0 Å². The molecular weight excluding hydrogens is 438 g/mol. The minimum absolute atomic E-state index is 0.0899. The van der Waals surface area contributed by atoms with Gasteiger partial charge in [0.1, 0.15) is 18.1 Å². The Bertz CT molecular complexity index is 1030. The normalized spacial score (nSPS) is 21.6. The van der Waals surface area contributed by atoms with Gasteiger partial charge in [0.2, 0.25) is 5.91 Å². The first kappa shape index (κ1) is 25.1. The predicted molar refractivity (Wildman–Crippen MR) is 126 cm³/mol. The number of rotatable bonds is 3. The van der Waals surface area contributed by atoms with Gasteiger partial charge in [-0.05, 0) is 25.1 Å². The molecule has 0 unspecified atom stereocenters. The Morgan fingerprint density at radius 3 is 2.62 bits per heavy atom. The van der Waals surface area contributed by atoms with E-state index < -0.39 is 0 Å². The van der Waals surface area contributed by atoms with Gasteiger partial charge < -0.3 is 24.6 Å². The van der Waals surface area contributed by atoms with Crippen LogP contribution in [0.1, 0.15) is 41.6 Å². The molecule has 1 aromatic heterocycles. The molecule has 1 aliphatic heterocycles. The molecule has 1 aromatic carbocycles. The highest BCUT2D eigenvalue weighted by atomic mass is 16.5. The smallest absolute Gasteiger partial charge is 0.274 e. The number of carbonyl (C=O) groups excluding carboxylic acids is 3. The van der Waals surface area contributed by atoms with Crippen LogP contribution >= 0.6 is 0 Å². The SMILES string of the molecule is CO[C@H]1CN(C)C(=O)c2cc(NC(C)=O)ccc2OC[C@H](C)N(C(=O)c2cnccn2)C[C@H]1C. The molecule has 0 aliphatic carbocycles. The number of nitrogens with zero attached hydrogens (tertiary/aromatic N) is 4. The minimum atomic E-state index is -0.329. The van der Waals surface area contributed by atoms with Crippen molar-refractivity contribution in [3.05, 3.63) is 48.0 Å². The van der Waals surface area contributed by atoms with Gasteiger partial charge in [-0.3, -0.25) is 19.4 Å². The Hall–Kier alpha value is -3.53. The van der Waals surface area contributed by atoms with Gasteiger partial charge in [-0.1, -0.05) is 6.92 Å². The topological polar surface area (TPSA) is 114 Å². The van der Waals surface area contributed by atoms with E-state index in [1.807, 2.05) is 13.8 Å². The van der Waals surface area contributed by atoms with Gasteiger partial charge in [-0.2, -0.15) is 0 Å². The van der Waals surface area contributed by atoms with Crippen LogP contribution in [-0.4, -0.2) is 83.5 Å². The molecule has 0 radical (unpaired) electrons. The summed E-state index contributed by atoms with van der Waals surface area (Å²) in [5.74, 6) is -0.471. The third kappa shape index (κ3) is 5.88. The second kappa shape index (κ2) is 11.1. The highest BCUT2D eigenvalue weighted by Gasteiger charge is 2.31. The Labute approximate surface area is 199 Å². The lowest BCUT2D eigenvalue weighted by atomic mass is 10.0. The second-order valence-electron chi connectivity index (χ2n) is 8.54. The fourth-order valence-corrected chi connectivity index (χ4v) is 3.90. The van der Waals surface area contributed by atoms with Crippen LogP contribution in [0.25, 0.3) is 0 Å². The molecule has 0 bridgehead atoms. The van der Waals surface area contributed by atoms with Crippen LogP contribution in [0.2, 0.25) is 0 Å². The summed E-state index contributed by atoms with van der Waals surface area (Å²) in [7, 11) is 3.28. The lowest BCUT2D eigenvalue weighted by Crippen LogP contribution is -2.48. The summed E-state index contributed by atoms with van der Waals surface area (Å²) in [6.07, 6.45) is 4.12. The number of hydrogen-bond acceptors (Lipinski definition) is 7. The average Bonchev–Trinajstić information content (AvgIpc) is 2.83. The summed E-state index contributed by atoms with van der Waals surface area (Å²) < 4.78 is 11.7. The molecule has 2 aromatic rings. The first-order valence-corrected chi connectivity index (χ1v) is 11.1. The average molecular weight is 470 g/mol. The molecule has 1 aliphatic rings. The van der Waals surface area contributed by atoms with Crippen molar-refractivity contribution in [3.8, 4) is 5.75 Å². The number of amides is 3. The third-order valence-electron chi connectivity index (χ3n) is 5.81. The van der Waals surface area contributed by atoms with Gasteiger partial charge in [0.25, 0.3) is 11.8 Å². The van der Waals surface area contributed by atoms with Gasteiger partial charge in [-0.15, -0.1) is 0 Å². The number of nitrogens with one attached hydrogen (secondary N) is 1. The molecule has 0 spiro atoms. The van der Waals surface area contributed by atoms with Crippen LogP contribution in [0, 0.1) is 5.92 Å². The van der Waals surface area contributed by atoms with Crippen molar-refractivity contribution in [2.45, 2.75) is 32.9 Å². The Kier molecular flexibility index (Phi) is 8.17. The number of carbonyl (C=O) groups is 3. The Balaban J connectivity index is 1.99. The fourth-order valence-electron chi connectivity index (χ4n) is 3.90. The first-order valence-electron chi connectivity index (χ1n) is 11.1. The summed E-state index contributed by atoms with van der Waals surface area (Å²) >= 11 is 0. The number of likely N-dealkylation sites (N-methyl/N-ethyl adjacent to an activating group) is 1. The molecule has 0 fully saturated rings. The fraction of sp³-hybridized carbons (Fsp3) is 0.458. The standard InChI is InChI=1S/C24H31N5O5/c1-15-12-29(24(32)20-11-25-8-9-26-20)16(2)14-34-21-7-6-18(27-17(3)30)10-19(21)23(31)28(4)13-22(15)33-5/h6-11,15-16,22H,12-14H2,1-5H3,(H,27,30)/t15-,16+,22+/m1/s1. The lowest BCUT2D eigenvalue weighted by Gasteiger charge is -2.35. The molecule has 3 amide bonds. The van der Waals surface area contributed by atoms with E-state index in [0.29, 0.717) is 30.1 Å². The highest BCUT2D eigenvalue weighted by Crippen LogP contribution is 2.26. The number of hydrogen-bond donors (Lipinski definition) is 1. The largest absolute Gasteiger partial charge is 0.491 e. The summed E-state index contributed by atoms with van der Waals surface area (Å²) in [4.78, 5) is 49.5. The highest BCUT2D eigenvalue weighted by molar-refractivity contribution is 5.99. The number of ether oxygens (including phenoxy) is 2. The Morgan fingerprint density at radius 1 is 1.21 bits per heavy atom. The lowest BCUT2D eigenvalue weighted by molar-refractivity contribution is -0.114. The molecule has 0 saturated carbocycles. The van der Waals surface area contributed by atoms with Gasteiger partial charge >= 0.3 is 0 Å². The van der Waals surface area contributed by atoms with E-state index in [9.17, 15) is 14.4 Å². The monoisotopic (exact) mass is 469 g/mol. The molecule has 182 valence electrons. The van der Waals surface area contributed by atoms with Crippen molar-refractivity contribution < 1.29 is 23.9 Å². The summed E-state index contributed by atoms with van der Waals surface area (Å²) in [5.41, 5.74) is 1.05. The van der Waals surface area contributed by atoms with Crippen LogP contribution in [0.5, 0.6) is 5.75 Å². The van der Waals surface area contributed by atoms with Crippen molar-refractivity contribution in [2.75, 3.05) is 39.2 Å². The van der Waals surface area contributed by atoms with Crippen molar-refractivity contribution in [3.63, 3.8) is 0 Å². The number of aromatic nitrogens is 2. The molecule has 1 N–H and O–H groups in total. The minimum Gasteiger partial charge on any atom is -0.491 e. The zero-order valence-corrected chi connectivity index (χ0v) is 20.1. The quantitative estimate of drug-likeness (QED) is 0.732. The number of anilines is 1. The van der Waals surface area contributed by atoms with Crippen molar-refractivity contribution in [1.29, 1.82) is 0 Å². The molecular formula is C24H31N5O5. The van der Waals surface area contributed by atoms with Gasteiger partial charge in [-0.25, -0.2) is 4.98 Å². The summed E-state index contributed by atoms with van der Waals surface area (Å²) in [6, 6.07) is 4.59. The maximum Gasteiger partial charge on any atom is 0.274 e. The van der Waals surface area contributed by atoms with E-state index in [2.05, 4.69) is 15.3 Å². The number of benzene rings is 1. The zero-order valence-electron chi connectivity index (χ0n) is 20.1. The van der Waals surface area contributed by atoms with Gasteiger partial charge in [0.05, 0.1) is 23.9 Å². The first-order chi connectivity index (χ1) is 16.2. The van der Waals surface area contributed by atoms with Gasteiger partial charge in [0, 0.05) is 58.2 Å². The Morgan fingerprint density at radius 2 is 1.97 bits per heavy atom. The van der Waals surface area contributed by atoms with Crippen molar-refractivity contribution in [2.24, 2.45) is 5.92 Å². The van der Waals surface area contributed by atoms with Crippen LogP contribution in [0.3, 0.4) is 0 Å². The zero-order chi connectivity index (χ0) is 24.8. The summed E-state index contributed by atoms with van der Waals surface area (Å²) in [5, 5.41) is 2.70. The van der Waals surface area contributed by atoms with Crippen molar-refractivity contribution >= 4 is 23.4 Å². The van der Waals surface area contributed by atoms with Gasteiger partial charge in [0.15, 0.2) is 0 Å². The van der Waals surface area contributed by atoms with E-state index in [4.69, 9.17) is 9.47 Å². The molecule has 0 saturated heterocycles. The maximum atomic E-state index is 13.3. The van der Waals surface area contributed by atoms with E-state index in [1.165, 1.54) is 25.5 Å². The van der Waals surface area contributed by atoms with Crippen molar-refractivity contribution in [1.82, 2.24) is 19.8 Å². The van der Waals surface area contributed by atoms with Crippen LogP contribution in [0.15, 0.2) is 36.8 Å². The van der Waals surface area contributed by atoms with Crippen LogP contribution in [-0.2, 0) is 9.53 Å². The second-order valence-corrected chi connectivity index (χ2v) is 8.54. The molecule has 2 heterocycles.